The summed E-state index contributed by atoms with van der Waals surface area (Å²) in [5.74, 6) is 0.0993. The summed E-state index contributed by atoms with van der Waals surface area (Å²) in [6.45, 7) is 2.09. The van der Waals surface area contributed by atoms with Gasteiger partial charge in [0, 0.05) is 5.54 Å². The highest BCUT2D eigenvalue weighted by atomic mass is 79.9. The van der Waals surface area contributed by atoms with Gasteiger partial charge in [-0.2, -0.15) is 0 Å². The van der Waals surface area contributed by atoms with Crippen LogP contribution in [-0.2, 0) is 4.79 Å². The molecule has 0 atom stereocenters. The SMILES string of the molecule is CC1(NC(=O)CBr)CCC1. The highest BCUT2D eigenvalue weighted by Gasteiger charge is 2.32. The van der Waals surface area contributed by atoms with Crippen molar-refractivity contribution in [3.8, 4) is 0 Å². The van der Waals surface area contributed by atoms with Crippen LogP contribution in [-0.4, -0.2) is 16.8 Å². The fourth-order valence-corrected chi connectivity index (χ4v) is 1.34. The molecule has 1 fully saturated rings. The van der Waals surface area contributed by atoms with Crippen LogP contribution in [0.15, 0.2) is 0 Å². The normalized spacial score (nSPS) is 21.4. The van der Waals surface area contributed by atoms with Crippen molar-refractivity contribution in [3.63, 3.8) is 0 Å². The molecular weight excluding hydrogens is 194 g/mol. The zero-order chi connectivity index (χ0) is 7.61. The lowest BCUT2D eigenvalue weighted by atomic mass is 9.78. The Morgan fingerprint density at radius 1 is 1.70 bits per heavy atom. The molecule has 2 nitrogen and oxygen atoms in total. The minimum atomic E-state index is 0.0993. The smallest absolute Gasteiger partial charge is 0.231 e. The summed E-state index contributed by atoms with van der Waals surface area (Å²) in [7, 11) is 0. The van der Waals surface area contributed by atoms with E-state index in [0.717, 1.165) is 12.8 Å². The maximum Gasteiger partial charge on any atom is 0.231 e. The minimum absolute atomic E-state index is 0.0993. The van der Waals surface area contributed by atoms with E-state index in [0.29, 0.717) is 5.33 Å². The topological polar surface area (TPSA) is 29.1 Å². The second kappa shape index (κ2) is 2.91. The average molecular weight is 206 g/mol. The highest BCUT2D eigenvalue weighted by molar-refractivity contribution is 9.09. The van der Waals surface area contributed by atoms with Gasteiger partial charge in [0.05, 0.1) is 5.33 Å². The Hall–Kier alpha value is -0.0500. The molecule has 0 bridgehead atoms. The molecular formula is C7H12BrNO. The molecule has 0 unspecified atom stereocenters. The number of alkyl halides is 1. The van der Waals surface area contributed by atoms with Gasteiger partial charge in [-0.3, -0.25) is 4.79 Å². The molecule has 0 aliphatic heterocycles. The lowest BCUT2D eigenvalue weighted by molar-refractivity contribution is -0.121. The molecule has 0 aromatic heterocycles. The van der Waals surface area contributed by atoms with Crippen molar-refractivity contribution in [2.45, 2.75) is 31.7 Å². The van der Waals surface area contributed by atoms with Crippen molar-refractivity contribution in [2.75, 3.05) is 5.33 Å². The first kappa shape index (κ1) is 8.05. The lowest BCUT2D eigenvalue weighted by Gasteiger charge is -2.38. The van der Waals surface area contributed by atoms with Crippen molar-refractivity contribution < 1.29 is 4.79 Å². The van der Waals surface area contributed by atoms with Crippen LogP contribution >= 0.6 is 15.9 Å². The van der Waals surface area contributed by atoms with E-state index in [2.05, 4.69) is 28.2 Å². The molecule has 0 radical (unpaired) electrons. The molecule has 1 rings (SSSR count). The first-order valence-electron chi connectivity index (χ1n) is 3.53. The summed E-state index contributed by atoms with van der Waals surface area (Å²) in [5, 5.41) is 3.38. The Kier molecular flexibility index (Phi) is 2.34. The fourth-order valence-electron chi connectivity index (χ4n) is 1.20. The van der Waals surface area contributed by atoms with Crippen molar-refractivity contribution >= 4 is 21.8 Å². The third-order valence-corrected chi connectivity index (χ3v) is 2.53. The van der Waals surface area contributed by atoms with E-state index in [1.165, 1.54) is 6.42 Å². The van der Waals surface area contributed by atoms with E-state index in [-0.39, 0.29) is 11.4 Å². The zero-order valence-electron chi connectivity index (χ0n) is 6.11. The highest BCUT2D eigenvalue weighted by Crippen LogP contribution is 2.30. The summed E-state index contributed by atoms with van der Waals surface area (Å²) in [4.78, 5) is 10.9. The van der Waals surface area contributed by atoms with Gasteiger partial charge < -0.3 is 5.32 Å². The molecule has 10 heavy (non-hydrogen) atoms. The number of carbonyl (C=O) groups excluding carboxylic acids is 1. The number of amides is 1. The molecule has 1 saturated carbocycles. The van der Waals surface area contributed by atoms with Crippen LogP contribution in [0.25, 0.3) is 0 Å². The van der Waals surface area contributed by atoms with Crippen LogP contribution in [0.5, 0.6) is 0 Å². The van der Waals surface area contributed by atoms with Gasteiger partial charge in [-0.25, -0.2) is 0 Å². The molecule has 1 aliphatic rings. The molecule has 3 heteroatoms. The quantitative estimate of drug-likeness (QED) is 0.680. The Balaban J connectivity index is 2.29. The maximum absolute atomic E-state index is 10.9. The van der Waals surface area contributed by atoms with E-state index < -0.39 is 0 Å². The van der Waals surface area contributed by atoms with E-state index >= 15 is 0 Å². The Labute approximate surface area is 69.5 Å². The minimum Gasteiger partial charge on any atom is -0.350 e. The lowest BCUT2D eigenvalue weighted by Crippen LogP contribution is -2.51. The van der Waals surface area contributed by atoms with Crippen molar-refractivity contribution in [3.05, 3.63) is 0 Å². The van der Waals surface area contributed by atoms with Crippen molar-refractivity contribution in [2.24, 2.45) is 0 Å². The van der Waals surface area contributed by atoms with Gasteiger partial charge in [0.2, 0.25) is 5.91 Å². The van der Waals surface area contributed by atoms with Crippen LogP contribution in [0.4, 0.5) is 0 Å². The molecule has 58 valence electrons. The van der Waals surface area contributed by atoms with Gasteiger partial charge in [0.15, 0.2) is 0 Å². The first-order chi connectivity index (χ1) is 4.66. The number of nitrogens with one attached hydrogen (secondary N) is 1. The van der Waals surface area contributed by atoms with Crippen LogP contribution in [0.2, 0.25) is 0 Å². The standard InChI is InChI=1S/C7H12BrNO/c1-7(3-2-4-7)9-6(10)5-8/h2-5H2,1H3,(H,9,10). The summed E-state index contributed by atoms with van der Waals surface area (Å²) < 4.78 is 0. The molecule has 0 saturated heterocycles. The number of halogens is 1. The first-order valence-corrected chi connectivity index (χ1v) is 4.65. The monoisotopic (exact) mass is 205 g/mol. The summed E-state index contributed by atoms with van der Waals surface area (Å²) >= 11 is 3.11. The maximum atomic E-state index is 10.9. The van der Waals surface area contributed by atoms with Crippen LogP contribution in [0.3, 0.4) is 0 Å². The zero-order valence-corrected chi connectivity index (χ0v) is 7.70. The molecule has 1 amide bonds. The molecule has 1 aliphatic carbocycles. The van der Waals surface area contributed by atoms with Gasteiger partial charge in [-0.1, -0.05) is 15.9 Å². The van der Waals surface area contributed by atoms with Crippen molar-refractivity contribution in [1.82, 2.24) is 5.32 Å². The van der Waals surface area contributed by atoms with Gasteiger partial charge in [0.1, 0.15) is 0 Å². The Morgan fingerprint density at radius 2 is 2.30 bits per heavy atom. The van der Waals surface area contributed by atoms with Crippen molar-refractivity contribution in [1.29, 1.82) is 0 Å². The van der Waals surface area contributed by atoms with Gasteiger partial charge in [-0.15, -0.1) is 0 Å². The number of hydrogen-bond donors (Lipinski definition) is 1. The van der Waals surface area contributed by atoms with Crippen LogP contribution in [0.1, 0.15) is 26.2 Å². The Morgan fingerprint density at radius 3 is 2.60 bits per heavy atom. The summed E-state index contributed by atoms with van der Waals surface area (Å²) in [6, 6.07) is 0. The number of rotatable bonds is 2. The molecule has 0 aromatic carbocycles. The van der Waals surface area contributed by atoms with E-state index in [9.17, 15) is 4.79 Å². The van der Waals surface area contributed by atoms with E-state index in [1.807, 2.05) is 0 Å². The number of hydrogen-bond acceptors (Lipinski definition) is 1. The van der Waals surface area contributed by atoms with Crippen LogP contribution < -0.4 is 5.32 Å². The molecule has 0 heterocycles. The second-order valence-corrected chi connectivity index (χ2v) is 3.66. The second-order valence-electron chi connectivity index (χ2n) is 3.10. The van der Waals surface area contributed by atoms with Gasteiger partial charge in [0.25, 0.3) is 0 Å². The fraction of sp³-hybridized carbons (Fsp3) is 0.857. The largest absolute Gasteiger partial charge is 0.350 e. The molecule has 0 spiro atoms. The van der Waals surface area contributed by atoms with Crippen LogP contribution in [0, 0.1) is 0 Å². The average Bonchev–Trinajstić information content (AvgIpc) is 1.84. The Bertz CT molecular complexity index is 143. The summed E-state index contributed by atoms with van der Waals surface area (Å²) in [5.41, 5.74) is 0.116. The van der Waals surface area contributed by atoms with E-state index in [1.54, 1.807) is 0 Å². The van der Waals surface area contributed by atoms with E-state index in [4.69, 9.17) is 0 Å². The number of carbonyl (C=O) groups is 1. The van der Waals surface area contributed by atoms with Gasteiger partial charge in [-0.05, 0) is 26.2 Å². The molecule has 0 aromatic rings. The predicted octanol–water partition coefficient (Wildman–Crippen LogP) is 1.44. The third kappa shape index (κ3) is 1.72. The predicted molar refractivity (Wildman–Crippen MR) is 44.2 cm³/mol. The summed E-state index contributed by atoms with van der Waals surface area (Å²) in [6.07, 6.45) is 3.51. The van der Waals surface area contributed by atoms with Gasteiger partial charge >= 0.3 is 0 Å². The molecule has 1 N–H and O–H groups in total. The third-order valence-electron chi connectivity index (χ3n) is 2.02.